The lowest BCUT2D eigenvalue weighted by molar-refractivity contribution is 0.277. The van der Waals surface area contributed by atoms with E-state index in [4.69, 9.17) is 16.3 Å². The summed E-state index contributed by atoms with van der Waals surface area (Å²) in [5.41, 5.74) is 0.752. The lowest BCUT2D eigenvalue weighted by Gasteiger charge is -2.38. The first kappa shape index (κ1) is 23.4. The maximum absolute atomic E-state index is 14.6. The number of rotatable bonds is 4. The van der Waals surface area contributed by atoms with E-state index < -0.39 is 11.6 Å². The summed E-state index contributed by atoms with van der Waals surface area (Å²) in [7, 11) is 3.00. The van der Waals surface area contributed by atoms with Gasteiger partial charge in [-0.2, -0.15) is 0 Å². The fourth-order valence-electron chi connectivity index (χ4n) is 4.22. The highest BCUT2D eigenvalue weighted by Gasteiger charge is 2.29. The lowest BCUT2D eigenvalue weighted by Crippen LogP contribution is -2.41. The molecule has 0 amide bonds. The predicted octanol–water partition coefficient (Wildman–Crippen LogP) is 5.58. The number of anilines is 1. The van der Waals surface area contributed by atoms with Crippen LogP contribution in [-0.4, -0.2) is 29.8 Å². The Morgan fingerprint density at radius 1 is 1.06 bits per heavy atom. The molecule has 1 aromatic heterocycles. The number of benzene rings is 2. The summed E-state index contributed by atoms with van der Waals surface area (Å²) >= 11 is 0. The van der Waals surface area contributed by atoms with Gasteiger partial charge in [-0.25, -0.2) is 18.6 Å². The largest absolute Gasteiger partial charge is 0.494 e. The maximum Gasteiger partial charge on any atom is 0.263 e. The van der Waals surface area contributed by atoms with Crippen LogP contribution in [0.25, 0.3) is 27.2 Å². The zero-order valence-electron chi connectivity index (χ0n) is 19.7. The standard InChI is InChI=1S/C26H26F2N4O2/c1-26(2)10-12-32(13-11-26)25-30-23(17-6-8-20(29-3)18(27)15-17)22(24(33)31(25)4)16-7-9-21(34-5)19(28)14-16/h6-9,14-15H,10-13H2,1-2,4-5H3. The Hall–Kier alpha value is -3.73. The number of piperidine rings is 1. The summed E-state index contributed by atoms with van der Waals surface area (Å²) in [5.74, 6) is -0.800. The van der Waals surface area contributed by atoms with E-state index in [1.807, 2.05) is 0 Å². The first-order chi connectivity index (χ1) is 16.1. The highest BCUT2D eigenvalue weighted by Crippen LogP contribution is 2.36. The van der Waals surface area contributed by atoms with Crippen LogP contribution in [0.15, 0.2) is 41.2 Å². The molecule has 6 nitrogen and oxygen atoms in total. The van der Waals surface area contributed by atoms with Gasteiger partial charge in [0.05, 0.1) is 24.9 Å². The Labute approximate surface area is 197 Å². The number of nitrogens with zero attached hydrogens (tertiary/aromatic N) is 4. The second-order valence-electron chi connectivity index (χ2n) is 9.28. The van der Waals surface area contributed by atoms with Gasteiger partial charge < -0.3 is 9.64 Å². The molecular weight excluding hydrogens is 438 g/mol. The second-order valence-corrected chi connectivity index (χ2v) is 9.28. The van der Waals surface area contributed by atoms with Crippen LogP contribution in [0.1, 0.15) is 26.7 Å². The van der Waals surface area contributed by atoms with Gasteiger partial charge in [-0.3, -0.25) is 9.36 Å². The molecule has 0 atom stereocenters. The van der Waals surface area contributed by atoms with Crippen LogP contribution in [0, 0.1) is 23.6 Å². The van der Waals surface area contributed by atoms with Crippen molar-refractivity contribution in [1.82, 2.24) is 9.55 Å². The third kappa shape index (κ3) is 4.26. The summed E-state index contributed by atoms with van der Waals surface area (Å²) in [4.78, 5) is 23.7. The second kappa shape index (κ2) is 8.90. The average Bonchev–Trinajstić information content (AvgIpc) is 2.81. The number of methoxy groups -OCH3 is 1. The van der Waals surface area contributed by atoms with Crippen LogP contribution >= 0.6 is 0 Å². The fourth-order valence-corrected chi connectivity index (χ4v) is 4.22. The Morgan fingerprint density at radius 2 is 1.71 bits per heavy atom. The Morgan fingerprint density at radius 3 is 2.29 bits per heavy atom. The predicted molar refractivity (Wildman–Crippen MR) is 128 cm³/mol. The summed E-state index contributed by atoms with van der Waals surface area (Å²) in [6, 6.07) is 8.35. The molecule has 1 saturated heterocycles. The van der Waals surface area contributed by atoms with Crippen molar-refractivity contribution in [1.29, 1.82) is 0 Å². The van der Waals surface area contributed by atoms with Crippen molar-refractivity contribution in [2.45, 2.75) is 26.7 Å². The van der Waals surface area contributed by atoms with Crippen molar-refractivity contribution in [3.8, 4) is 28.1 Å². The van der Waals surface area contributed by atoms with E-state index in [0.717, 1.165) is 25.9 Å². The summed E-state index contributed by atoms with van der Waals surface area (Å²) in [6.45, 7) is 13.0. The minimum absolute atomic E-state index is 0.0510. The molecule has 0 aliphatic carbocycles. The fraction of sp³-hybridized carbons (Fsp3) is 0.346. The number of aromatic nitrogens is 2. The monoisotopic (exact) mass is 464 g/mol. The van der Waals surface area contributed by atoms with Crippen LogP contribution < -0.4 is 15.2 Å². The first-order valence-electron chi connectivity index (χ1n) is 11.0. The zero-order chi connectivity index (χ0) is 24.6. The van der Waals surface area contributed by atoms with Crippen molar-refractivity contribution >= 4 is 11.6 Å². The number of hydrogen-bond donors (Lipinski definition) is 0. The maximum atomic E-state index is 14.6. The quantitative estimate of drug-likeness (QED) is 0.473. The van der Waals surface area contributed by atoms with Crippen molar-refractivity contribution in [2.24, 2.45) is 12.5 Å². The van der Waals surface area contributed by atoms with Crippen LogP contribution in [0.3, 0.4) is 0 Å². The van der Waals surface area contributed by atoms with Gasteiger partial charge in [0.1, 0.15) is 5.82 Å². The van der Waals surface area contributed by atoms with Gasteiger partial charge in [0, 0.05) is 25.7 Å². The van der Waals surface area contributed by atoms with Gasteiger partial charge in [0.15, 0.2) is 11.6 Å². The SMILES string of the molecule is [C-]#[N+]c1ccc(-c2nc(N3CCC(C)(C)CC3)n(C)c(=O)c2-c2ccc(OC)c(F)c2)cc1F. The molecule has 1 fully saturated rings. The first-order valence-corrected chi connectivity index (χ1v) is 11.0. The van der Waals surface area contributed by atoms with E-state index in [-0.39, 0.29) is 33.7 Å². The van der Waals surface area contributed by atoms with Gasteiger partial charge in [-0.1, -0.05) is 32.0 Å². The minimum atomic E-state index is -0.705. The molecule has 1 aliphatic heterocycles. The molecule has 8 heteroatoms. The third-order valence-corrected chi connectivity index (χ3v) is 6.45. The summed E-state index contributed by atoms with van der Waals surface area (Å²) in [5, 5.41) is 0. The highest BCUT2D eigenvalue weighted by atomic mass is 19.1. The molecular formula is C26H26F2N4O2. The van der Waals surface area contributed by atoms with Gasteiger partial charge in [0.2, 0.25) is 11.6 Å². The molecule has 4 rings (SSSR count). The number of hydrogen-bond acceptors (Lipinski definition) is 4. The van der Waals surface area contributed by atoms with Crippen molar-refractivity contribution in [2.75, 3.05) is 25.1 Å². The molecule has 2 aromatic carbocycles. The number of halogens is 2. The average molecular weight is 465 g/mol. The Kier molecular flexibility index (Phi) is 6.13. The Bertz CT molecular complexity index is 1350. The number of ether oxygens (including phenoxy) is 1. The highest BCUT2D eigenvalue weighted by molar-refractivity contribution is 5.82. The topological polar surface area (TPSA) is 51.7 Å². The summed E-state index contributed by atoms with van der Waals surface area (Å²) in [6.07, 6.45) is 1.88. The lowest BCUT2D eigenvalue weighted by atomic mass is 9.83. The third-order valence-electron chi connectivity index (χ3n) is 6.45. The van der Waals surface area contributed by atoms with Crippen LogP contribution in [0.2, 0.25) is 0 Å². The molecule has 0 N–H and O–H groups in total. The van der Waals surface area contributed by atoms with Gasteiger partial charge in [-0.15, -0.1) is 0 Å². The normalized spacial score (nSPS) is 15.1. The molecule has 0 spiro atoms. The van der Waals surface area contributed by atoms with E-state index in [9.17, 15) is 13.6 Å². The van der Waals surface area contributed by atoms with E-state index in [1.165, 1.54) is 35.9 Å². The smallest absolute Gasteiger partial charge is 0.263 e. The van der Waals surface area contributed by atoms with Gasteiger partial charge in [-0.05, 0) is 42.0 Å². The van der Waals surface area contributed by atoms with Crippen LogP contribution in [-0.2, 0) is 7.05 Å². The Balaban J connectivity index is 1.95. The molecule has 3 aromatic rings. The van der Waals surface area contributed by atoms with Gasteiger partial charge >= 0.3 is 0 Å². The molecule has 0 radical (unpaired) electrons. The zero-order valence-corrected chi connectivity index (χ0v) is 19.7. The van der Waals surface area contributed by atoms with E-state index in [0.29, 0.717) is 17.1 Å². The van der Waals surface area contributed by atoms with Crippen LogP contribution in [0.5, 0.6) is 5.75 Å². The molecule has 176 valence electrons. The van der Waals surface area contributed by atoms with Crippen molar-refractivity contribution in [3.05, 3.63) is 69.8 Å². The molecule has 34 heavy (non-hydrogen) atoms. The summed E-state index contributed by atoms with van der Waals surface area (Å²) < 4.78 is 35.6. The van der Waals surface area contributed by atoms with Gasteiger partial charge in [0.25, 0.3) is 5.56 Å². The molecule has 1 aliphatic rings. The molecule has 2 heterocycles. The molecule has 0 unspecified atom stereocenters. The molecule has 0 bridgehead atoms. The van der Waals surface area contributed by atoms with Crippen molar-refractivity contribution < 1.29 is 13.5 Å². The van der Waals surface area contributed by atoms with Crippen LogP contribution in [0.4, 0.5) is 20.4 Å². The van der Waals surface area contributed by atoms with E-state index in [2.05, 4.69) is 23.6 Å². The molecule has 0 saturated carbocycles. The van der Waals surface area contributed by atoms with Crippen molar-refractivity contribution in [3.63, 3.8) is 0 Å². The van der Waals surface area contributed by atoms with E-state index in [1.54, 1.807) is 19.2 Å². The minimum Gasteiger partial charge on any atom is -0.494 e. The van der Waals surface area contributed by atoms with E-state index >= 15 is 0 Å².